The Morgan fingerprint density at radius 2 is 2.24 bits per heavy atom. The number of oxime groups is 1. The number of carbonyl (C=O) groups is 1. The molecule has 0 aliphatic rings. The van der Waals surface area contributed by atoms with E-state index >= 15 is 0 Å². The topological polar surface area (TPSA) is 95.2 Å². The Hall–Kier alpha value is -2.16. The predicted octanol–water partition coefficient (Wildman–Crippen LogP) is 1.70. The summed E-state index contributed by atoms with van der Waals surface area (Å²) in [6, 6.07) is 0. The van der Waals surface area contributed by atoms with E-state index in [0.29, 0.717) is 22.8 Å². The lowest BCUT2D eigenvalue weighted by Gasteiger charge is -2.20. The molecule has 0 spiro atoms. The van der Waals surface area contributed by atoms with E-state index in [-0.39, 0.29) is 5.41 Å². The first-order valence-electron chi connectivity index (χ1n) is 6.28. The molecule has 2 rings (SSSR count). The van der Waals surface area contributed by atoms with Gasteiger partial charge < -0.3 is 4.84 Å². The van der Waals surface area contributed by atoms with Crippen LogP contribution in [0.2, 0.25) is 0 Å². The van der Waals surface area contributed by atoms with Crippen LogP contribution >= 0.6 is 11.5 Å². The van der Waals surface area contributed by atoms with Crippen molar-refractivity contribution in [1.82, 2.24) is 24.4 Å². The molecule has 2 heterocycles. The number of carbonyl (C=O) groups excluding carboxylic acids is 1. The second-order valence-electron chi connectivity index (χ2n) is 5.45. The molecule has 112 valence electrons. The Morgan fingerprint density at radius 1 is 1.48 bits per heavy atom. The molecule has 2 aromatic rings. The zero-order valence-corrected chi connectivity index (χ0v) is 13.1. The van der Waals surface area contributed by atoms with E-state index in [4.69, 9.17) is 4.84 Å². The SMILES string of the molecule is Cc1nnsc1C(=O)O/N=C(\Cn1cncn1)C(C)(C)C. The van der Waals surface area contributed by atoms with E-state index in [2.05, 4.69) is 24.8 Å². The van der Waals surface area contributed by atoms with E-state index in [1.54, 1.807) is 17.9 Å². The number of hydrogen-bond donors (Lipinski definition) is 0. The van der Waals surface area contributed by atoms with Crippen LogP contribution < -0.4 is 0 Å². The van der Waals surface area contributed by atoms with Gasteiger partial charge >= 0.3 is 5.97 Å². The number of nitrogens with zero attached hydrogens (tertiary/aromatic N) is 6. The lowest BCUT2D eigenvalue weighted by Crippen LogP contribution is -2.26. The molecule has 0 bridgehead atoms. The minimum atomic E-state index is -0.553. The van der Waals surface area contributed by atoms with Crippen molar-refractivity contribution in [3.05, 3.63) is 23.2 Å². The van der Waals surface area contributed by atoms with Gasteiger partial charge in [0.25, 0.3) is 0 Å². The molecule has 9 heteroatoms. The lowest BCUT2D eigenvalue weighted by molar-refractivity contribution is 0.0515. The average molecular weight is 308 g/mol. The monoisotopic (exact) mass is 308 g/mol. The van der Waals surface area contributed by atoms with Crippen molar-refractivity contribution in [3.8, 4) is 0 Å². The van der Waals surface area contributed by atoms with Crippen LogP contribution in [0.25, 0.3) is 0 Å². The van der Waals surface area contributed by atoms with Crippen LogP contribution in [0.4, 0.5) is 0 Å². The molecule has 21 heavy (non-hydrogen) atoms. The van der Waals surface area contributed by atoms with Crippen LogP contribution in [0.15, 0.2) is 17.8 Å². The first-order chi connectivity index (χ1) is 9.88. The van der Waals surface area contributed by atoms with Gasteiger partial charge in [0.15, 0.2) is 4.88 Å². The Bertz CT molecular complexity index is 641. The van der Waals surface area contributed by atoms with E-state index in [1.807, 2.05) is 20.8 Å². The molecule has 0 aliphatic heterocycles. The summed E-state index contributed by atoms with van der Waals surface area (Å²) in [5, 5.41) is 11.8. The van der Waals surface area contributed by atoms with E-state index in [9.17, 15) is 4.79 Å². The summed E-state index contributed by atoms with van der Waals surface area (Å²) in [6.07, 6.45) is 3.03. The quantitative estimate of drug-likeness (QED) is 0.484. The molecule has 0 atom stereocenters. The number of aromatic nitrogens is 5. The van der Waals surface area contributed by atoms with Gasteiger partial charge in [-0.1, -0.05) is 30.4 Å². The predicted molar refractivity (Wildman–Crippen MR) is 77.0 cm³/mol. The maximum absolute atomic E-state index is 11.9. The van der Waals surface area contributed by atoms with E-state index < -0.39 is 5.97 Å². The highest BCUT2D eigenvalue weighted by atomic mass is 32.1. The maximum Gasteiger partial charge on any atom is 0.379 e. The fraction of sp³-hybridized carbons (Fsp3) is 0.500. The summed E-state index contributed by atoms with van der Waals surface area (Å²) in [5.74, 6) is -0.553. The van der Waals surface area contributed by atoms with Gasteiger partial charge in [-0.2, -0.15) is 5.10 Å². The van der Waals surface area contributed by atoms with E-state index in [1.165, 1.54) is 6.33 Å². The molecule has 0 aliphatic carbocycles. The zero-order valence-electron chi connectivity index (χ0n) is 12.3. The molecular weight excluding hydrogens is 292 g/mol. The molecule has 8 nitrogen and oxygen atoms in total. The molecule has 0 aromatic carbocycles. The van der Waals surface area contributed by atoms with Gasteiger partial charge in [-0.15, -0.1) is 5.10 Å². The highest BCUT2D eigenvalue weighted by molar-refractivity contribution is 7.07. The molecule has 0 saturated heterocycles. The summed E-state index contributed by atoms with van der Waals surface area (Å²) in [4.78, 5) is 21.2. The van der Waals surface area contributed by atoms with Crippen LogP contribution in [0, 0.1) is 12.3 Å². The Balaban J connectivity index is 2.14. The van der Waals surface area contributed by atoms with Crippen LogP contribution in [-0.2, 0) is 11.4 Å². The van der Waals surface area contributed by atoms with Gasteiger partial charge in [-0.3, -0.25) is 0 Å². The lowest BCUT2D eigenvalue weighted by atomic mass is 9.90. The standard InChI is InChI=1S/C12H16N6O2S/c1-8-10(21-17-15-8)11(19)20-16-9(12(2,3)4)5-18-7-13-6-14-18/h6-7H,5H2,1-4H3/b16-9+. The van der Waals surface area contributed by atoms with Gasteiger partial charge in [0.2, 0.25) is 0 Å². The number of hydrogen-bond acceptors (Lipinski definition) is 8. The van der Waals surface area contributed by atoms with Crippen molar-refractivity contribution < 1.29 is 9.63 Å². The fourth-order valence-corrected chi connectivity index (χ4v) is 1.96. The van der Waals surface area contributed by atoms with Crippen molar-refractivity contribution in [3.63, 3.8) is 0 Å². The largest absolute Gasteiger partial charge is 0.379 e. The van der Waals surface area contributed by atoms with E-state index in [0.717, 1.165) is 11.5 Å². The third-order valence-electron chi connectivity index (χ3n) is 2.72. The van der Waals surface area contributed by atoms with Crippen LogP contribution in [0.5, 0.6) is 0 Å². The Labute approximate surface area is 126 Å². The molecule has 0 amide bonds. The van der Waals surface area contributed by atoms with Gasteiger partial charge in [-0.05, 0) is 18.5 Å². The number of rotatable bonds is 4. The summed E-state index contributed by atoms with van der Waals surface area (Å²) >= 11 is 0.990. The third kappa shape index (κ3) is 3.91. The van der Waals surface area contributed by atoms with Crippen LogP contribution in [-0.4, -0.2) is 36.0 Å². The average Bonchev–Trinajstić information content (AvgIpc) is 3.03. The van der Waals surface area contributed by atoms with Crippen molar-refractivity contribution in [2.75, 3.05) is 0 Å². The van der Waals surface area contributed by atoms with Crippen molar-refractivity contribution >= 4 is 23.2 Å². The molecule has 0 N–H and O–H groups in total. The maximum atomic E-state index is 11.9. The van der Waals surface area contributed by atoms with Crippen LogP contribution in [0.1, 0.15) is 36.1 Å². The van der Waals surface area contributed by atoms with Crippen LogP contribution in [0.3, 0.4) is 0 Å². The van der Waals surface area contributed by atoms with Gasteiger partial charge in [0.1, 0.15) is 12.7 Å². The minimum absolute atomic E-state index is 0.271. The van der Waals surface area contributed by atoms with Crippen molar-refractivity contribution in [1.29, 1.82) is 0 Å². The number of aryl methyl sites for hydroxylation is 1. The van der Waals surface area contributed by atoms with Gasteiger partial charge in [0, 0.05) is 5.41 Å². The molecule has 0 fully saturated rings. The van der Waals surface area contributed by atoms with Gasteiger partial charge in [-0.25, -0.2) is 14.5 Å². The summed E-state index contributed by atoms with van der Waals surface area (Å²) in [6.45, 7) is 8.04. The van der Waals surface area contributed by atoms with Gasteiger partial charge in [0.05, 0.1) is 18.0 Å². The Morgan fingerprint density at radius 3 is 2.76 bits per heavy atom. The fourth-order valence-electron chi connectivity index (χ4n) is 1.43. The van der Waals surface area contributed by atoms with Crippen molar-refractivity contribution in [2.45, 2.75) is 34.2 Å². The summed E-state index contributed by atoms with van der Waals surface area (Å²) in [7, 11) is 0. The summed E-state index contributed by atoms with van der Waals surface area (Å²) in [5.41, 5.74) is 0.943. The van der Waals surface area contributed by atoms with Crippen molar-refractivity contribution in [2.24, 2.45) is 10.6 Å². The molecular formula is C12H16N6O2S. The Kier molecular flexibility index (Phi) is 4.41. The highest BCUT2D eigenvalue weighted by Gasteiger charge is 2.22. The minimum Gasteiger partial charge on any atom is -0.312 e. The first kappa shape index (κ1) is 15.2. The highest BCUT2D eigenvalue weighted by Crippen LogP contribution is 2.18. The molecule has 0 saturated carbocycles. The first-order valence-corrected chi connectivity index (χ1v) is 7.05. The molecule has 2 aromatic heterocycles. The normalized spacial score (nSPS) is 12.5. The molecule has 0 radical (unpaired) electrons. The molecule has 0 unspecified atom stereocenters. The summed E-state index contributed by atoms with van der Waals surface area (Å²) < 4.78 is 5.32. The zero-order chi connectivity index (χ0) is 15.5. The second-order valence-corrected chi connectivity index (χ2v) is 6.20. The smallest absolute Gasteiger partial charge is 0.312 e. The third-order valence-corrected chi connectivity index (χ3v) is 3.53. The second kappa shape index (κ2) is 6.08.